The second kappa shape index (κ2) is 12.7. The molecular weight excluding hydrogens is 531 g/mol. The van der Waals surface area contributed by atoms with Crippen LogP contribution in [0.25, 0.3) is 0 Å². The Labute approximate surface area is 202 Å². The molecule has 0 aliphatic rings. The van der Waals surface area contributed by atoms with Crippen LogP contribution in [-0.4, -0.2) is 53.0 Å². The van der Waals surface area contributed by atoms with E-state index in [1.165, 1.54) is 18.4 Å². The van der Waals surface area contributed by atoms with Gasteiger partial charge in [0, 0.05) is 32.4 Å². The van der Waals surface area contributed by atoms with Crippen LogP contribution in [0, 0.1) is 0 Å². The minimum atomic E-state index is -3.55. The third-order valence-electron chi connectivity index (χ3n) is 4.21. The number of ether oxygens (including phenoxy) is 2. The van der Waals surface area contributed by atoms with E-state index in [-0.39, 0.29) is 35.4 Å². The van der Waals surface area contributed by atoms with Crippen molar-refractivity contribution in [2.75, 3.05) is 39.7 Å². The summed E-state index contributed by atoms with van der Waals surface area (Å²) in [5.41, 5.74) is 1.39. The molecule has 31 heavy (non-hydrogen) atoms. The van der Waals surface area contributed by atoms with Crippen molar-refractivity contribution >= 4 is 45.6 Å². The molecule has 2 aromatic carbocycles. The maximum absolute atomic E-state index is 12.6. The molecular formula is C21H31IN4O4S. The highest BCUT2D eigenvalue weighted by atomic mass is 127. The fourth-order valence-electron chi connectivity index (χ4n) is 2.71. The largest absolute Gasteiger partial charge is 0.493 e. The first-order chi connectivity index (χ1) is 14.3. The lowest BCUT2D eigenvalue weighted by atomic mass is 10.2. The Balaban J connectivity index is 0.00000480. The van der Waals surface area contributed by atoms with Gasteiger partial charge in [-0.05, 0) is 37.6 Å². The summed E-state index contributed by atoms with van der Waals surface area (Å²) in [5, 5.41) is 6.39. The molecule has 0 amide bonds. The van der Waals surface area contributed by atoms with Gasteiger partial charge in [-0.15, -0.1) is 24.0 Å². The minimum absolute atomic E-state index is 0. The number of methoxy groups -OCH3 is 1. The van der Waals surface area contributed by atoms with Gasteiger partial charge in [0.2, 0.25) is 10.0 Å². The lowest BCUT2D eigenvalue weighted by Gasteiger charge is -2.16. The van der Waals surface area contributed by atoms with Gasteiger partial charge >= 0.3 is 0 Å². The Kier molecular flexibility index (Phi) is 11.1. The Morgan fingerprint density at radius 3 is 2.42 bits per heavy atom. The average Bonchev–Trinajstić information content (AvgIpc) is 2.73. The quantitative estimate of drug-likeness (QED) is 0.276. The van der Waals surface area contributed by atoms with Crippen LogP contribution in [0.5, 0.6) is 11.5 Å². The summed E-state index contributed by atoms with van der Waals surface area (Å²) < 4.78 is 37.3. The fourth-order valence-corrected chi connectivity index (χ4v) is 3.82. The zero-order chi connectivity index (χ0) is 22.1. The Hall–Kier alpha value is -2.05. The molecule has 0 saturated heterocycles. The minimum Gasteiger partial charge on any atom is -0.493 e. The molecule has 0 heterocycles. The number of halogens is 1. The highest BCUT2D eigenvalue weighted by molar-refractivity contribution is 14.0. The number of nitrogens with one attached hydrogen (secondary N) is 2. The number of guanidine groups is 1. The topological polar surface area (TPSA) is 92.3 Å². The van der Waals surface area contributed by atoms with Gasteiger partial charge in [0.1, 0.15) is 0 Å². The Morgan fingerprint density at radius 2 is 1.81 bits per heavy atom. The number of rotatable bonds is 9. The Bertz CT molecular complexity index is 981. The number of nitrogens with zero attached hydrogens (tertiary/aromatic N) is 2. The van der Waals surface area contributed by atoms with Crippen LogP contribution in [0.1, 0.15) is 19.4 Å². The number of sulfonamides is 1. The monoisotopic (exact) mass is 562 g/mol. The lowest BCUT2D eigenvalue weighted by Crippen LogP contribution is -2.30. The second-order valence-electron chi connectivity index (χ2n) is 6.51. The van der Waals surface area contributed by atoms with E-state index < -0.39 is 10.0 Å². The van der Waals surface area contributed by atoms with Crippen molar-refractivity contribution in [3.8, 4) is 11.5 Å². The van der Waals surface area contributed by atoms with E-state index in [1.54, 1.807) is 31.4 Å². The summed E-state index contributed by atoms with van der Waals surface area (Å²) in [5.74, 6) is 1.80. The van der Waals surface area contributed by atoms with Gasteiger partial charge in [-0.25, -0.2) is 17.7 Å². The maximum Gasteiger partial charge on any atom is 0.242 e. The number of hydrogen-bond donors (Lipinski definition) is 2. The molecule has 0 fully saturated rings. The molecule has 0 aliphatic carbocycles. The number of aliphatic imine (C=N–C) groups is 1. The van der Waals surface area contributed by atoms with Gasteiger partial charge in [-0.2, -0.15) is 0 Å². The number of anilines is 1. The lowest BCUT2D eigenvalue weighted by molar-refractivity contribution is 0.311. The van der Waals surface area contributed by atoms with E-state index in [0.29, 0.717) is 36.2 Å². The predicted octanol–water partition coefficient (Wildman–Crippen LogP) is 3.54. The molecule has 0 aliphatic heterocycles. The first-order valence-electron chi connectivity index (χ1n) is 9.70. The van der Waals surface area contributed by atoms with Gasteiger partial charge in [0.15, 0.2) is 17.5 Å². The summed E-state index contributed by atoms with van der Waals surface area (Å²) in [6, 6.07) is 12.4. The van der Waals surface area contributed by atoms with Gasteiger partial charge in [-0.3, -0.25) is 0 Å². The average molecular weight is 562 g/mol. The maximum atomic E-state index is 12.6. The van der Waals surface area contributed by atoms with Crippen molar-refractivity contribution in [2.24, 2.45) is 4.99 Å². The van der Waals surface area contributed by atoms with E-state index in [2.05, 4.69) is 15.6 Å². The van der Waals surface area contributed by atoms with E-state index in [1.807, 2.05) is 32.0 Å². The molecule has 2 aromatic rings. The van der Waals surface area contributed by atoms with E-state index in [0.717, 1.165) is 5.69 Å². The molecule has 172 valence electrons. The molecule has 0 bridgehead atoms. The van der Waals surface area contributed by atoms with Crippen LogP contribution in [0.15, 0.2) is 52.4 Å². The van der Waals surface area contributed by atoms with Gasteiger partial charge < -0.3 is 20.1 Å². The van der Waals surface area contributed by atoms with Crippen LogP contribution in [-0.2, 0) is 16.6 Å². The third kappa shape index (κ3) is 7.25. The molecule has 10 heteroatoms. The van der Waals surface area contributed by atoms with Crippen LogP contribution in [0.2, 0.25) is 0 Å². The third-order valence-corrected chi connectivity index (χ3v) is 6.12. The van der Waals surface area contributed by atoms with E-state index >= 15 is 0 Å². The summed E-state index contributed by atoms with van der Waals surface area (Å²) >= 11 is 0. The standard InChI is InChI=1S/C21H30N4O4S.HI/c1-6-22-21(24-17-12-13-18(29-7-2)19(14-17)28-5)23-15-16-10-8-9-11-20(16)30(26,27)25(3)4;/h8-14H,6-7,15H2,1-5H3,(H2,22,23,24);1H. The summed E-state index contributed by atoms with van der Waals surface area (Å²) in [7, 11) is 1.06. The van der Waals surface area contributed by atoms with E-state index in [9.17, 15) is 8.42 Å². The SMILES string of the molecule is CCNC(=NCc1ccccc1S(=O)(=O)N(C)C)Nc1ccc(OCC)c(OC)c1.I. The van der Waals surface area contributed by atoms with Crippen molar-refractivity contribution < 1.29 is 17.9 Å². The summed E-state index contributed by atoms with van der Waals surface area (Å²) in [6.07, 6.45) is 0. The molecule has 2 rings (SSSR count). The van der Waals surface area contributed by atoms with Crippen molar-refractivity contribution in [1.82, 2.24) is 9.62 Å². The Morgan fingerprint density at radius 1 is 1.10 bits per heavy atom. The summed E-state index contributed by atoms with van der Waals surface area (Å²) in [6.45, 7) is 5.27. The van der Waals surface area contributed by atoms with Crippen molar-refractivity contribution in [3.05, 3.63) is 48.0 Å². The zero-order valence-corrected chi connectivity index (χ0v) is 21.7. The molecule has 2 N–H and O–H groups in total. The molecule has 0 radical (unpaired) electrons. The molecule has 0 atom stereocenters. The van der Waals surface area contributed by atoms with Crippen LogP contribution < -0.4 is 20.1 Å². The fraction of sp³-hybridized carbons (Fsp3) is 0.381. The van der Waals surface area contributed by atoms with Gasteiger partial charge in [-0.1, -0.05) is 18.2 Å². The normalized spacial score (nSPS) is 11.6. The zero-order valence-electron chi connectivity index (χ0n) is 18.5. The number of hydrogen-bond acceptors (Lipinski definition) is 5. The molecule has 0 unspecified atom stereocenters. The summed E-state index contributed by atoms with van der Waals surface area (Å²) in [4.78, 5) is 4.81. The number of benzene rings is 2. The second-order valence-corrected chi connectivity index (χ2v) is 8.63. The van der Waals surface area contributed by atoms with Crippen LogP contribution in [0.3, 0.4) is 0 Å². The molecule has 0 saturated carbocycles. The van der Waals surface area contributed by atoms with Crippen LogP contribution >= 0.6 is 24.0 Å². The molecule has 8 nitrogen and oxygen atoms in total. The van der Waals surface area contributed by atoms with E-state index in [4.69, 9.17) is 9.47 Å². The van der Waals surface area contributed by atoms with Gasteiger partial charge in [0.25, 0.3) is 0 Å². The highest BCUT2D eigenvalue weighted by Gasteiger charge is 2.20. The molecule has 0 spiro atoms. The molecule has 0 aromatic heterocycles. The first kappa shape index (κ1) is 27.0. The van der Waals surface area contributed by atoms with Crippen molar-refractivity contribution in [1.29, 1.82) is 0 Å². The highest BCUT2D eigenvalue weighted by Crippen LogP contribution is 2.30. The van der Waals surface area contributed by atoms with Crippen molar-refractivity contribution in [3.63, 3.8) is 0 Å². The van der Waals surface area contributed by atoms with Gasteiger partial charge in [0.05, 0.1) is 25.2 Å². The predicted molar refractivity (Wildman–Crippen MR) is 135 cm³/mol. The smallest absolute Gasteiger partial charge is 0.242 e. The van der Waals surface area contributed by atoms with Crippen LogP contribution in [0.4, 0.5) is 5.69 Å². The first-order valence-corrected chi connectivity index (χ1v) is 11.1. The van der Waals surface area contributed by atoms with Crippen molar-refractivity contribution in [2.45, 2.75) is 25.3 Å².